The van der Waals surface area contributed by atoms with Gasteiger partial charge in [-0.2, -0.15) is 0 Å². The van der Waals surface area contributed by atoms with Crippen molar-refractivity contribution in [2.75, 3.05) is 0 Å². The summed E-state index contributed by atoms with van der Waals surface area (Å²) in [6, 6.07) is 2.13. The fourth-order valence-electron chi connectivity index (χ4n) is 2.71. The number of hydrogen-bond acceptors (Lipinski definition) is 6. The van der Waals surface area contributed by atoms with Crippen LogP contribution in [0.1, 0.15) is 43.5 Å². The Bertz CT molecular complexity index is 671. The Morgan fingerprint density at radius 3 is 3.04 bits per heavy atom. The van der Waals surface area contributed by atoms with Gasteiger partial charge < -0.3 is 5.32 Å². The van der Waals surface area contributed by atoms with Crippen molar-refractivity contribution in [3.8, 4) is 5.69 Å². The lowest BCUT2D eigenvalue weighted by Crippen LogP contribution is -2.44. The molecule has 1 aliphatic rings. The van der Waals surface area contributed by atoms with Crippen LogP contribution in [0.25, 0.3) is 5.69 Å². The van der Waals surface area contributed by atoms with E-state index in [9.17, 15) is 4.79 Å². The normalized spacial score (nSPS) is 20.5. The Labute approximate surface area is 141 Å². The Morgan fingerprint density at radius 1 is 1.42 bits per heavy atom. The quantitative estimate of drug-likeness (QED) is 0.732. The molecule has 1 fully saturated rings. The van der Waals surface area contributed by atoms with Gasteiger partial charge in [-0.3, -0.25) is 15.2 Å². The number of amides is 1. The molecule has 0 radical (unpaired) electrons. The van der Waals surface area contributed by atoms with Crippen molar-refractivity contribution in [1.82, 2.24) is 36.1 Å². The third-order valence-electron chi connectivity index (χ3n) is 4.05. The number of pyridine rings is 1. The van der Waals surface area contributed by atoms with Crippen molar-refractivity contribution in [2.24, 2.45) is 5.92 Å². The third-order valence-corrected chi connectivity index (χ3v) is 4.05. The summed E-state index contributed by atoms with van der Waals surface area (Å²) < 4.78 is 1.57. The maximum atomic E-state index is 12.4. The number of aromatic nitrogens is 4. The van der Waals surface area contributed by atoms with Crippen molar-refractivity contribution in [1.29, 1.82) is 0 Å². The number of hydrogen-bond donors (Lipinski definition) is 3. The minimum absolute atomic E-state index is 0.0790. The number of nitrogens with one attached hydrogen (secondary N) is 3. The molecule has 1 saturated heterocycles. The molecule has 0 spiro atoms. The fraction of sp³-hybridized carbons (Fsp3) is 0.500. The fourth-order valence-corrected chi connectivity index (χ4v) is 2.71. The second-order valence-electron chi connectivity index (χ2n) is 6.50. The van der Waals surface area contributed by atoms with E-state index in [1.165, 1.54) is 6.42 Å². The maximum absolute atomic E-state index is 12.4. The van der Waals surface area contributed by atoms with E-state index in [2.05, 4.69) is 45.3 Å². The van der Waals surface area contributed by atoms with Crippen molar-refractivity contribution in [3.05, 3.63) is 36.4 Å². The monoisotopic (exact) mass is 329 g/mol. The molecule has 3 rings (SSSR count). The van der Waals surface area contributed by atoms with Crippen LogP contribution in [0.4, 0.5) is 0 Å². The standard InChI is InChI=1S/C16H23N7O/c1-11(2)3-4-13-8-15(21-20-13)19-16(24)12-7-14(10-17-9-12)23-6-5-18-22-23/h5-7,9-11,13,15,20-21H,3-4,8H2,1-2H3,(H,19,24). The van der Waals surface area contributed by atoms with E-state index in [0.29, 0.717) is 23.2 Å². The van der Waals surface area contributed by atoms with Crippen LogP contribution in [-0.2, 0) is 0 Å². The number of nitrogens with zero attached hydrogens (tertiary/aromatic N) is 4. The zero-order chi connectivity index (χ0) is 16.9. The maximum Gasteiger partial charge on any atom is 0.254 e. The second-order valence-corrected chi connectivity index (χ2v) is 6.50. The predicted octanol–water partition coefficient (Wildman–Crippen LogP) is 1.02. The van der Waals surface area contributed by atoms with E-state index in [0.717, 1.165) is 12.8 Å². The molecule has 1 aliphatic heterocycles. The van der Waals surface area contributed by atoms with Crippen LogP contribution in [0.5, 0.6) is 0 Å². The molecule has 2 unspecified atom stereocenters. The van der Waals surface area contributed by atoms with Crippen LogP contribution in [0.3, 0.4) is 0 Å². The highest BCUT2D eigenvalue weighted by Crippen LogP contribution is 2.14. The molecule has 2 aromatic rings. The number of carbonyl (C=O) groups is 1. The van der Waals surface area contributed by atoms with Gasteiger partial charge in [0, 0.05) is 12.2 Å². The van der Waals surface area contributed by atoms with E-state index < -0.39 is 0 Å². The topological polar surface area (TPSA) is 96.8 Å². The average molecular weight is 329 g/mol. The van der Waals surface area contributed by atoms with Crippen molar-refractivity contribution >= 4 is 5.91 Å². The van der Waals surface area contributed by atoms with Crippen LogP contribution < -0.4 is 16.2 Å². The van der Waals surface area contributed by atoms with Crippen LogP contribution in [0.15, 0.2) is 30.9 Å². The van der Waals surface area contributed by atoms with Crippen LogP contribution in [-0.4, -0.2) is 38.1 Å². The van der Waals surface area contributed by atoms with Gasteiger partial charge in [0.05, 0.1) is 36.0 Å². The second kappa shape index (κ2) is 7.50. The first-order chi connectivity index (χ1) is 11.6. The van der Waals surface area contributed by atoms with E-state index in [4.69, 9.17) is 0 Å². The van der Waals surface area contributed by atoms with Crippen LogP contribution >= 0.6 is 0 Å². The van der Waals surface area contributed by atoms with E-state index in [1.54, 1.807) is 35.5 Å². The van der Waals surface area contributed by atoms with E-state index in [-0.39, 0.29) is 12.1 Å². The van der Waals surface area contributed by atoms with Crippen molar-refractivity contribution in [2.45, 2.75) is 45.3 Å². The Morgan fingerprint density at radius 2 is 2.29 bits per heavy atom. The molecular weight excluding hydrogens is 306 g/mol. The largest absolute Gasteiger partial charge is 0.335 e. The Hall–Kier alpha value is -2.32. The Balaban J connectivity index is 1.57. The van der Waals surface area contributed by atoms with Gasteiger partial charge in [-0.05, 0) is 31.2 Å². The lowest BCUT2D eigenvalue weighted by Gasteiger charge is -2.13. The minimum atomic E-state index is -0.159. The molecule has 8 heteroatoms. The van der Waals surface area contributed by atoms with E-state index >= 15 is 0 Å². The highest BCUT2D eigenvalue weighted by molar-refractivity contribution is 5.94. The van der Waals surface area contributed by atoms with Gasteiger partial charge in [-0.1, -0.05) is 19.1 Å². The first kappa shape index (κ1) is 16.5. The average Bonchev–Trinajstić information content (AvgIpc) is 3.25. The number of carbonyl (C=O) groups excluding carboxylic acids is 1. The summed E-state index contributed by atoms with van der Waals surface area (Å²) in [6.45, 7) is 4.44. The zero-order valence-electron chi connectivity index (χ0n) is 13.9. The van der Waals surface area contributed by atoms with Gasteiger partial charge in [-0.15, -0.1) is 5.10 Å². The summed E-state index contributed by atoms with van der Waals surface area (Å²) in [7, 11) is 0. The molecule has 128 valence electrons. The molecular formula is C16H23N7O. The summed E-state index contributed by atoms with van der Waals surface area (Å²) in [6.07, 6.45) is 9.54. The third kappa shape index (κ3) is 4.15. The molecule has 0 saturated carbocycles. The van der Waals surface area contributed by atoms with Gasteiger partial charge in [0.25, 0.3) is 5.91 Å². The molecule has 2 aromatic heterocycles. The smallest absolute Gasteiger partial charge is 0.254 e. The highest BCUT2D eigenvalue weighted by atomic mass is 16.1. The van der Waals surface area contributed by atoms with Gasteiger partial charge >= 0.3 is 0 Å². The predicted molar refractivity (Wildman–Crippen MR) is 89.2 cm³/mol. The SMILES string of the molecule is CC(C)CCC1CC(NC(=O)c2cncc(-n3ccnn3)c2)NN1. The minimum Gasteiger partial charge on any atom is -0.335 e. The van der Waals surface area contributed by atoms with Crippen molar-refractivity contribution < 1.29 is 4.79 Å². The molecule has 1 amide bonds. The molecule has 3 N–H and O–H groups in total. The summed E-state index contributed by atoms with van der Waals surface area (Å²) in [4.78, 5) is 16.5. The van der Waals surface area contributed by atoms with E-state index in [1.807, 2.05) is 0 Å². The van der Waals surface area contributed by atoms with Gasteiger partial charge in [-0.25, -0.2) is 10.1 Å². The molecule has 3 heterocycles. The molecule has 0 bridgehead atoms. The molecule has 2 atom stereocenters. The Kier molecular flexibility index (Phi) is 5.17. The van der Waals surface area contributed by atoms with Gasteiger partial charge in [0.15, 0.2) is 0 Å². The summed E-state index contributed by atoms with van der Waals surface area (Å²) in [5, 5.41) is 10.7. The van der Waals surface area contributed by atoms with Crippen molar-refractivity contribution in [3.63, 3.8) is 0 Å². The molecule has 0 aromatic carbocycles. The summed E-state index contributed by atoms with van der Waals surface area (Å²) in [5.41, 5.74) is 7.59. The summed E-state index contributed by atoms with van der Waals surface area (Å²) in [5.74, 6) is 0.527. The van der Waals surface area contributed by atoms with Gasteiger partial charge in [0.1, 0.15) is 0 Å². The molecule has 8 nitrogen and oxygen atoms in total. The van der Waals surface area contributed by atoms with Gasteiger partial charge in [0.2, 0.25) is 0 Å². The molecule has 24 heavy (non-hydrogen) atoms. The zero-order valence-corrected chi connectivity index (χ0v) is 13.9. The number of hydrazine groups is 1. The lowest BCUT2D eigenvalue weighted by molar-refractivity contribution is 0.0932. The first-order valence-electron chi connectivity index (χ1n) is 8.25. The highest BCUT2D eigenvalue weighted by Gasteiger charge is 2.25. The van der Waals surface area contributed by atoms with Crippen LogP contribution in [0, 0.1) is 5.92 Å². The lowest BCUT2D eigenvalue weighted by atomic mass is 10.0. The molecule has 0 aliphatic carbocycles. The first-order valence-corrected chi connectivity index (χ1v) is 8.25. The van der Waals surface area contributed by atoms with Crippen LogP contribution in [0.2, 0.25) is 0 Å². The number of rotatable bonds is 6. The summed E-state index contributed by atoms with van der Waals surface area (Å²) >= 11 is 0.